The Labute approximate surface area is 183 Å². The van der Waals surface area contributed by atoms with E-state index in [0.29, 0.717) is 16.0 Å². The summed E-state index contributed by atoms with van der Waals surface area (Å²) in [6.45, 7) is 5.71. The topological polar surface area (TPSA) is 102 Å². The van der Waals surface area contributed by atoms with Crippen LogP contribution in [0.5, 0.6) is 5.75 Å². The van der Waals surface area contributed by atoms with E-state index in [-0.39, 0.29) is 27.5 Å². The van der Waals surface area contributed by atoms with Gasteiger partial charge in [-0.15, -0.1) is 0 Å². The number of amides is 1. The zero-order chi connectivity index (χ0) is 21.8. The normalized spacial score (nSPS) is 11.2. The van der Waals surface area contributed by atoms with E-state index < -0.39 is 5.91 Å². The van der Waals surface area contributed by atoms with Crippen molar-refractivity contribution in [2.75, 3.05) is 18.0 Å². The van der Waals surface area contributed by atoms with E-state index in [1.54, 1.807) is 18.2 Å². The molecule has 1 aromatic heterocycles. The second-order valence-electron chi connectivity index (χ2n) is 6.41. The number of nitrogens with zero attached hydrogens (tertiary/aromatic N) is 2. The smallest absolute Gasteiger partial charge is 0.276 e. The van der Waals surface area contributed by atoms with Crippen molar-refractivity contribution < 1.29 is 14.3 Å². The van der Waals surface area contributed by atoms with Gasteiger partial charge in [-0.1, -0.05) is 23.2 Å². The van der Waals surface area contributed by atoms with Crippen LogP contribution in [-0.2, 0) is 0 Å². The first kappa shape index (κ1) is 21.7. The fourth-order valence-corrected chi connectivity index (χ4v) is 3.54. The summed E-state index contributed by atoms with van der Waals surface area (Å²) in [4.78, 5) is 14.5. The molecule has 0 saturated carbocycles. The summed E-state index contributed by atoms with van der Waals surface area (Å²) in [6, 6.07) is 9.77. The number of hydrogen-bond acceptors (Lipinski definition) is 6. The van der Waals surface area contributed by atoms with Gasteiger partial charge in [-0.05, 0) is 44.2 Å². The lowest BCUT2D eigenvalue weighted by atomic mass is 10.1. The van der Waals surface area contributed by atoms with Gasteiger partial charge in [0.2, 0.25) is 5.55 Å². The summed E-state index contributed by atoms with van der Waals surface area (Å²) in [5.41, 5.74) is 3.56. The molecule has 0 unspecified atom stereocenters. The number of carbonyl (C=O) groups is 1. The van der Waals surface area contributed by atoms with Gasteiger partial charge in [0.25, 0.3) is 5.91 Å². The molecule has 0 aliphatic rings. The second-order valence-corrected chi connectivity index (χ2v) is 7.25. The monoisotopic (exact) mass is 446 g/mol. The molecule has 3 aromatic rings. The fourth-order valence-electron chi connectivity index (χ4n) is 2.99. The van der Waals surface area contributed by atoms with Crippen LogP contribution >= 0.6 is 23.2 Å². The molecular weight excluding hydrogens is 427 g/mol. The number of benzene rings is 2. The number of carbonyl (C=O) groups excluding carboxylic acids is 1. The van der Waals surface area contributed by atoms with E-state index in [0.717, 1.165) is 18.8 Å². The molecule has 0 aliphatic heterocycles. The van der Waals surface area contributed by atoms with Gasteiger partial charge in [-0.3, -0.25) is 10.2 Å². The Balaban J connectivity index is 1.79. The maximum atomic E-state index is 12.4. The van der Waals surface area contributed by atoms with E-state index in [4.69, 9.17) is 33.0 Å². The average molecular weight is 447 g/mol. The predicted octanol–water partition coefficient (Wildman–Crippen LogP) is 4.53. The number of hydrogen-bond donors (Lipinski definition) is 3. The molecule has 1 amide bonds. The van der Waals surface area contributed by atoms with E-state index in [2.05, 4.69) is 15.4 Å². The third-order valence-corrected chi connectivity index (χ3v) is 5.04. The zero-order valence-corrected chi connectivity index (χ0v) is 17.9. The van der Waals surface area contributed by atoms with Crippen LogP contribution in [0.3, 0.4) is 0 Å². The van der Waals surface area contributed by atoms with E-state index in [1.165, 1.54) is 18.3 Å². The Morgan fingerprint density at radius 1 is 1.23 bits per heavy atom. The quantitative estimate of drug-likeness (QED) is 0.382. The number of nitrogens with one attached hydrogen (secondary N) is 2. The Morgan fingerprint density at radius 2 is 1.97 bits per heavy atom. The average Bonchev–Trinajstić information content (AvgIpc) is 2.70. The van der Waals surface area contributed by atoms with Crippen molar-refractivity contribution in [1.82, 2.24) is 5.43 Å². The molecule has 30 heavy (non-hydrogen) atoms. The van der Waals surface area contributed by atoms with Crippen molar-refractivity contribution in [3.05, 3.63) is 63.1 Å². The van der Waals surface area contributed by atoms with Gasteiger partial charge in [-0.2, -0.15) is 5.10 Å². The van der Waals surface area contributed by atoms with Crippen molar-refractivity contribution in [3.8, 4) is 5.75 Å². The second kappa shape index (κ2) is 9.19. The van der Waals surface area contributed by atoms with Gasteiger partial charge in [-0.25, -0.2) is 5.43 Å². The highest BCUT2D eigenvalue weighted by molar-refractivity contribution is 6.38. The lowest BCUT2D eigenvalue weighted by Crippen LogP contribution is -2.24. The summed E-state index contributed by atoms with van der Waals surface area (Å²) in [6.07, 6.45) is 1.33. The highest BCUT2D eigenvalue weighted by Gasteiger charge is 2.13. The van der Waals surface area contributed by atoms with E-state index >= 15 is 0 Å². The Hall–Kier alpha value is -3.03. The van der Waals surface area contributed by atoms with Crippen LogP contribution in [0.4, 0.5) is 5.69 Å². The molecule has 0 fully saturated rings. The number of anilines is 1. The van der Waals surface area contributed by atoms with Crippen LogP contribution in [0, 0.1) is 5.41 Å². The number of halogens is 2. The van der Waals surface area contributed by atoms with Gasteiger partial charge in [0.05, 0.1) is 11.2 Å². The molecule has 0 bridgehead atoms. The molecule has 0 aliphatic carbocycles. The molecule has 0 saturated heterocycles. The summed E-state index contributed by atoms with van der Waals surface area (Å²) in [5, 5.41) is 23.2. The minimum atomic E-state index is -0.641. The summed E-state index contributed by atoms with van der Waals surface area (Å²) in [7, 11) is 0. The molecule has 156 valence electrons. The lowest BCUT2D eigenvalue weighted by Gasteiger charge is -2.21. The first-order valence-corrected chi connectivity index (χ1v) is 9.98. The highest BCUT2D eigenvalue weighted by atomic mass is 35.5. The lowest BCUT2D eigenvalue weighted by molar-refractivity contribution is 0.0951. The number of fused-ring (bicyclic) bond motifs is 1. The molecule has 2 aromatic carbocycles. The van der Waals surface area contributed by atoms with Crippen LogP contribution in [0.1, 0.15) is 29.8 Å². The SMILES string of the molecule is CCN(CC)c1ccc(/C=N/NC(=O)c2cc3cc(Cl)cc(Cl)c3oc2=N)c(O)c1. The maximum Gasteiger partial charge on any atom is 0.276 e. The Bertz CT molecular complexity index is 1190. The molecule has 3 rings (SSSR count). The van der Waals surface area contributed by atoms with Crippen LogP contribution in [-0.4, -0.2) is 30.3 Å². The minimum Gasteiger partial charge on any atom is -0.507 e. The molecule has 7 nitrogen and oxygen atoms in total. The molecule has 1 heterocycles. The molecule has 9 heteroatoms. The van der Waals surface area contributed by atoms with Crippen molar-refractivity contribution >= 4 is 52.0 Å². The molecular formula is C21H20Cl2N4O3. The molecule has 0 atom stereocenters. The van der Waals surface area contributed by atoms with Gasteiger partial charge in [0.1, 0.15) is 11.3 Å². The van der Waals surface area contributed by atoms with E-state index in [9.17, 15) is 9.90 Å². The summed E-state index contributed by atoms with van der Waals surface area (Å²) in [5.74, 6) is -0.596. The van der Waals surface area contributed by atoms with Crippen LogP contribution in [0.25, 0.3) is 11.0 Å². The predicted molar refractivity (Wildman–Crippen MR) is 119 cm³/mol. The molecule has 0 spiro atoms. The third-order valence-electron chi connectivity index (χ3n) is 4.54. The van der Waals surface area contributed by atoms with Gasteiger partial charge in [0, 0.05) is 40.8 Å². The van der Waals surface area contributed by atoms with Crippen molar-refractivity contribution in [1.29, 1.82) is 5.41 Å². The Kier molecular flexibility index (Phi) is 6.64. The van der Waals surface area contributed by atoms with Gasteiger partial charge < -0.3 is 14.4 Å². The van der Waals surface area contributed by atoms with Crippen molar-refractivity contribution in [2.45, 2.75) is 13.8 Å². The van der Waals surface area contributed by atoms with E-state index in [1.807, 2.05) is 19.9 Å². The number of hydrazone groups is 1. The van der Waals surface area contributed by atoms with Crippen LogP contribution in [0.2, 0.25) is 10.0 Å². The zero-order valence-electron chi connectivity index (χ0n) is 16.4. The summed E-state index contributed by atoms with van der Waals surface area (Å²) < 4.78 is 5.36. The standard InChI is InChI=1S/C21H20Cl2N4O3/c1-3-27(4-2)15-6-5-12(18(28)10-15)11-25-26-21(29)16-8-13-7-14(22)9-17(23)19(13)30-20(16)24/h5-11,24,28H,3-4H2,1-2H3,(H,26,29)/b24-20?,25-11+. The number of aromatic hydroxyl groups is 1. The first-order chi connectivity index (χ1) is 14.3. The van der Waals surface area contributed by atoms with Crippen LogP contribution < -0.4 is 15.9 Å². The van der Waals surface area contributed by atoms with Gasteiger partial charge >= 0.3 is 0 Å². The maximum absolute atomic E-state index is 12.4. The van der Waals surface area contributed by atoms with Crippen molar-refractivity contribution in [2.24, 2.45) is 5.10 Å². The summed E-state index contributed by atoms with van der Waals surface area (Å²) >= 11 is 12.1. The highest BCUT2D eigenvalue weighted by Crippen LogP contribution is 2.27. The minimum absolute atomic E-state index is 0.0286. The van der Waals surface area contributed by atoms with Crippen LogP contribution in [0.15, 0.2) is 45.9 Å². The fraction of sp³-hybridized carbons (Fsp3) is 0.190. The third kappa shape index (κ3) is 4.58. The largest absolute Gasteiger partial charge is 0.507 e. The van der Waals surface area contributed by atoms with Gasteiger partial charge in [0.15, 0.2) is 5.58 Å². The number of phenols is 1. The molecule has 0 radical (unpaired) electrons. The molecule has 3 N–H and O–H groups in total. The Morgan fingerprint density at radius 3 is 2.63 bits per heavy atom. The van der Waals surface area contributed by atoms with Crippen molar-refractivity contribution in [3.63, 3.8) is 0 Å². The number of phenolic OH excluding ortho intramolecular Hbond substituents is 1. The first-order valence-electron chi connectivity index (χ1n) is 9.22. The number of rotatable bonds is 6.